The predicted molar refractivity (Wildman–Crippen MR) is 93.2 cm³/mol. The number of furan rings is 1. The highest BCUT2D eigenvalue weighted by molar-refractivity contribution is 5.78. The molecule has 142 valence electrons. The zero-order valence-corrected chi connectivity index (χ0v) is 15.6. The van der Waals surface area contributed by atoms with Crippen LogP contribution in [0.15, 0.2) is 16.7 Å². The number of hydrogen-bond donors (Lipinski definition) is 1. The molecule has 2 bridgehead atoms. The van der Waals surface area contributed by atoms with Crippen molar-refractivity contribution >= 4 is 5.97 Å². The summed E-state index contributed by atoms with van der Waals surface area (Å²) in [6.07, 6.45) is 6.40. The molecule has 3 aliphatic carbocycles. The van der Waals surface area contributed by atoms with Crippen LogP contribution in [0.3, 0.4) is 0 Å². The van der Waals surface area contributed by atoms with Crippen LogP contribution in [0.25, 0.3) is 0 Å². The molecular formula is C21H28O5. The van der Waals surface area contributed by atoms with Gasteiger partial charge in [-0.05, 0) is 61.0 Å². The van der Waals surface area contributed by atoms with Crippen LogP contribution < -0.4 is 0 Å². The van der Waals surface area contributed by atoms with E-state index in [1.165, 1.54) is 12.7 Å². The average molecular weight is 360 g/mol. The molecule has 1 aliphatic heterocycles. The molecule has 0 radical (unpaired) electrons. The molecule has 0 amide bonds. The molecule has 3 fully saturated rings. The highest BCUT2D eigenvalue weighted by atomic mass is 16.6. The molecule has 5 heteroatoms. The summed E-state index contributed by atoms with van der Waals surface area (Å²) in [7, 11) is 1.43. The first kappa shape index (κ1) is 16.8. The standard InChI is InChI=1S/C21H28O5/c1-12-13-4-5-17-20(15(13)10-16-14(12)6-9-25-16)7-3-8-21(17,18(22)24-2)19(23)26-11-20/h6,9,12-13,15,17,19,23H,3-5,7-8,10-11H2,1-2H3/t12-,13+,15+,17-,19+,20+,21+/m1/s1. The first-order chi connectivity index (χ1) is 12.5. The van der Waals surface area contributed by atoms with Crippen LogP contribution in [0.4, 0.5) is 0 Å². The maximum atomic E-state index is 12.9. The Hall–Kier alpha value is -1.33. The maximum absolute atomic E-state index is 12.9. The molecule has 0 unspecified atom stereocenters. The largest absolute Gasteiger partial charge is 0.469 e. The third-order valence-corrected chi connectivity index (χ3v) is 8.43. The van der Waals surface area contributed by atoms with Gasteiger partial charge in [-0.1, -0.05) is 13.3 Å². The Morgan fingerprint density at radius 3 is 3.00 bits per heavy atom. The van der Waals surface area contributed by atoms with Crippen molar-refractivity contribution in [1.29, 1.82) is 0 Å². The predicted octanol–water partition coefficient (Wildman–Crippen LogP) is 3.26. The Labute approximate surface area is 154 Å². The number of aliphatic hydroxyl groups excluding tert-OH is 1. The normalized spacial score (nSPS) is 46.7. The molecule has 2 heterocycles. The van der Waals surface area contributed by atoms with Crippen molar-refractivity contribution in [3.05, 3.63) is 23.7 Å². The summed E-state index contributed by atoms with van der Waals surface area (Å²) in [6, 6.07) is 2.13. The highest BCUT2D eigenvalue weighted by Gasteiger charge is 2.69. The molecule has 1 N–H and O–H groups in total. The minimum absolute atomic E-state index is 0.0622. The fourth-order valence-electron chi connectivity index (χ4n) is 7.35. The van der Waals surface area contributed by atoms with Gasteiger partial charge in [-0.25, -0.2) is 0 Å². The molecule has 5 rings (SSSR count). The van der Waals surface area contributed by atoms with Crippen LogP contribution in [0, 0.1) is 28.6 Å². The second-order valence-corrected chi connectivity index (χ2v) is 8.97. The number of fused-ring (bicyclic) bond motifs is 2. The minimum Gasteiger partial charge on any atom is -0.469 e. The van der Waals surface area contributed by atoms with Gasteiger partial charge < -0.3 is 19.0 Å². The molecular weight excluding hydrogens is 332 g/mol. The van der Waals surface area contributed by atoms with Crippen molar-refractivity contribution in [2.75, 3.05) is 13.7 Å². The van der Waals surface area contributed by atoms with Crippen LogP contribution in [0.1, 0.15) is 56.3 Å². The summed E-state index contributed by atoms with van der Waals surface area (Å²) in [6.45, 7) is 2.86. The molecule has 1 aromatic heterocycles. The zero-order chi connectivity index (χ0) is 18.1. The van der Waals surface area contributed by atoms with E-state index in [2.05, 4.69) is 13.0 Å². The van der Waals surface area contributed by atoms with Gasteiger partial charge in [0, 0.05) is 11.8 Å². The first-order valence-corrected chi connectivity index (χ1v) is 9.99. The molecule has 7 atom stereocenters. The number of methoxy groups -OCH3 is 1. The Morgan fingerprint density at radius 1 is 1.35 bits per heavy atom. The average Bonchev–Trinajstić information content (AvgIpc) is 3.13. The summed E-state index contributed by atoms with van der Waals surface area (Å²) in [5.41, 5.74) is 0.392. The summed E-state index contributed by atoms with van der Waals surface area (Å²) in [5, 5.41) is 10.7. The molecule has 1 saturated heterocycles. The number of hydrogen-bond acceptors (Lipinski definition) is 5. The second kappa shape index (κ2) is 5.59. The smallest absolute Gasteiger partial charge is 0.317 e. The third kappa shape index (κ3) is 1.86. The van der Waals surface area contributed by atoms with Crippen molar-refractivity contribution in [2.45, 2.75) is 57.7 Å². The lowest BCUT2D eigenvalue weighted by Crippen LogP contribution is -2.68. The van der Waals surface area contributed by atoms with E-state index < -0.39 is 11.7 Å². The quantitative estimate of drug-likeness (QED) is 0.779. The summed E-state index contributed by atoms with van der Waals surface area (Å²) in [5.74, 6) is 2.44. The number of aliphatic hydroxyl groups is 1. The van der Waals surface area contributed by atoms with Gasteiger partial charge in [0.05, 0.1) is 20.0 Å². The number of rotatable bonds is 1. The van der Waals surface area contributed by atoms with E-state index in [-0.39, 0.29) is 17.3 Å². The van der Waals surface area contributed by atoms with Gasteiger partial charge in [-0.3, -0.25) is 4.79 Å². The number of esters is 1. The molecule has 26 heavy (non-hydrogen) atoms. The maximum Gasteiger partial charge on any atom is 0.317 e. The van der Waals surface area contributed by atoms with Crippen LogP contribution in [0.2, 0.25) is 0 Å². The molecule has 2 saturated carbocycles. The van der Waals surface area contributed by atoms with E-state index in [1.807, 2.05) is 6.26 Å². The van der Waals surface area contributed by atoms with Crippen molar-refractivity contribution in [1.82, 2.24) is 0 Å². The third-order valence-electron chi connectivity index (χ3n) is 8.43. The summed E-state index contributed by atoms with van der Waals surface area (Å²) < 4.78 is 16.9. The van der Waals surface area contributed by atoms with E-state index in [0.29, 0.717) is 30.8 Å². The van der Waals surface area contributed by atoms with Crippen LogP contribution in [-0.4, -0.2) is 31.1 Å². The summed E-state index contributed by atoms with van der Waals surface area (Å²) in [4.78, 5) is 12.9. The van der Waals surface area contributed by atoms with E-state index in [1.54, 1.807) is 0 Å². The van der Waals surface area contributed by atoms with Gasteiger partial charge >= 0.3 is 5.97 Å². The van der Waals surface area contributed by atoms with Gasteiger partial charge in [0.15, 0.2) is 6.29 Å². The Balaban J connectivity index is 1.61. The van der Waals surface area contributed by atoms with Gasteiger partial charge in [-0.15, -0.1) is 0 Å². The topological polar surface area (TPSA) is 68.9 Å². The van der Waals surface area contributed by atoms with E-state index in [9.17, 15) is 9.90 Å². The molecule has 4 aliphatic rings. The van der Waals surface area contributed by atoms with E-state index in [4.69, 9.17) is 13.9 Å². The second-order valence-electron chi connectivity index (χ2n) is 8.97. The van der Waals surface area contributed by atoms with Crippen molar-refractivity contribution in [2.24, 2.45) is 28.6 Å². The van der Waals surface area contributed by atoms with Crippen molar-refractivity contribution < 1.29 is 23.8 Å². The van der Waals surface area contributed by atoms with Crippen molar-refractivity contribution in [3.8, 4) is 0 Å². The lowest BCUT2D eigenvalue weighted by Gasteiger charge is -2.65. The lowest BCUT2D eigenvalue weighted by molar-refractivity contribution is -0.309. The van der Waals surface area contributed by atoms with Crippen molar-refractivity contribution in [3.63, 3.8) is 0 Å². The van der Waals surface area contributed by atoms with Crippen LogP contribution >= 0.6 is 0 Å². The zero-order valence-electron chi connectivity index (χ0n) is 15.6. The molecule has 0 spiro atoms. The van der Waals surface area contributed by atoms with Crippen LogP contribution in [0.5, 0.6) is 0 Å². The molecule has 0 aromatic carbocycles. The van der Waals surface area contributed by atoms with Gasteiger partial charge in [0.1, 0.15) is 11.2 Å². The highest BCUT2D eigenvalue weighted by Crippen LogP contribution is 2.68. The Kier molecular flexibility index (Phi) is 3.61. The lowest BCUT2D eigenvalue weighted by atomic mass is 9.41. The van der Waals surface area contributed by atoms with Crippen LogP contribution in [-0.2, 0) is 20.7 Å². The minimum atomic E-state index is -1.05. The number of carbonyl (C=O) groups is 1. The SMILES string of the molecule is COC(=O)[C@@]12CCC[C@@]3(CO[C@@H]1O)[C@H]2CC[C@H]1[C@@H](C)c2ccoc2C[C@@H]13. The van der Waals surface area contributed by atoms with E-state index in [0.717, 1.165) is 37.9 Å². The number of carbonyl (C=O) groups excluding carboxylic acids is 1. The summed E-state index contributed by atoms with van der Waals surface area (Å²) >= 11 is 0. The Bertz CT molecular complexity index is 726. The number of ether oxygens (including phenoxy) is 2. The fraction of sp³-hybridized carbons (Fsp3) is 0.762. The molecule has 1 aromatic rings. The Morgan fingerprint density at radius 2 is 2.19 bits per heavy atom. The van der Waals surface area contributed by atoms with Gasteiger partial charge in [0.25, 0.3) is 0 Å². The van der Waals surface area contributed by atoms with E-state index >= 15 is 0 Å². The van der Waals surface area contributed by atoms with Gasteiger partial charge in [0.2, 0.25) is 0 Å². The monoisotopic (exact) mass is 360 g/mol. The first-order valence-electron chi connectivity index (χ1n) is 9.99. The fourth-order valence-corrected chi connectivity index (χ4v) is 7.35. The van der Waals surface area contributed by atoms with Gasteiger partial charge in [-0.2, -0.15) is 0 Å². The molecule has 5 nitrogen and oxygen atoms in total.